The summed E-state index contributed by atoms with van der Waals surface area (Å²) in [6, 6.07) is 7.57. The Morgan fingerprint density at radius 2 is 1.55 bits per heavy atom. The van der Waals surface area contributed by atoms with Crippen molar-refractivity contribution in [2.75, 3.05) is 20.2 Å². The average molecular weight is 550 g/mol. The zero-order valence-corrected chi connectivity index (χ0v) is 26.2. The predicted molar refractivity (Wildman–Crippen MR) is 169 cm³/mol. The number of likely N-dealkylation sites (N-methyl/N-ethyl adjacent to an activating group) is 1. The lowest BCUT2D eigenvalue weighted by Gasteiger charge is -2.38. The Bertz CT molecular complexity index is 901. The minimum absolute atomic E-state index is 0.0362. The van der Waals surface area contributed by atoms with Crippen molar-refractivity contribution in [2.24, 2.45) is 17.8 Å². The molecule has 224 valence electrons. The van der Waals surface area contributed by atoms with Crippen molar-refractivity contribution in [3.05, 3.63) is 47.5 Å². The van der Waals surface area contributed by atoms with Crippen LogP contribution in [0.5, 0.6) is 0 Å². The summed E-state index contributed by atoms with van der Waals surface area (Å²) >= 11 is 0. The van der Waals surface area contributed by atoms with Gasteiger partial charge in [-0.25, -0.2) is 0 Å². The van der Waals surface area contributed by atoms with E-state index in [0.717, 1.165) is 42.9 Å². The summed E-state index contributed by atoms with van der Waals surface area (Å²) in [7, 11) is 1.81. The molecule has 0 aromatic heterocycles. The Morgan fingerprint density at radius 3 is 2.17 bits per heavy atom. The first-order chi connectivity index (χ1) is 19.5. The number of unbranched alkanes of at least 4 members (excludes halogenated alkanes) is 2. The number of ether oxygens (including phenoxy) is 1. The Labute approximate surface area is 246 Å². The fourth-order valence-electron chi connectivity index (χ4n) is 8.30. The normalized spacial score (nSPS) is 29.2. The van der Waals surface area contributed by atoms with E-state index in [2.05, 4.69) is 38.6 Å². The van der Waals surface area contributed by atoms with Gasteiger partial charge in [-0.2, -0.15) is 0 Å². The first kappa shape index (κ1) is 31.3. The largest absolute Gasteiger partial charge is 0.376 e. The van der Waals surface area contributed by atoms with E-state index in [-0.39, 0.29) is 5.91 Å². The van der Waals surface area contributed by atoms with Crippen LogP contribution in [0.25, 0.3) is 0 Å². The van der Waals surface area contributed by atoms with E-state index >= 15 is 0 Å². The number of benzene rings is 1. The molecule has 3 aliphatic carbocycles. The van der Waals surface area contributed by atoms with Gasteiger partial charge in [0.15, 0.2) is 0 Å². The van der Waals surface area contributed by atoms with Gasteiger partial charge in [0, 0.05) is 13.6 Å². The minimum Gasteiger partial charge on any atom is -0.376 e. The molecule has 3 saturated carbocycles. The molecule has 0 aliphatic heterocycles. The van der Waals surface area contributed by atoms with Crippen LogP contribution >= 0.6 is 0 Å². The van der Waals surface area contributed by atoms with Gasteiger partial charge >= 0.3 is 0 Å². The molecular formula is C37H59NO2. The Morgan fingerprint density at radius 1 is 0.900 bits per heavy atom. The molecule has 1 amide bonds. The topological polar surface area (TPSA) is 29.5 Å². The van der Waals surface area contributed by atoms with Gasteiger partial charge in [0.2, 0.25) is 5.91 Å². The van der Waals surface area contributed by atoms with E-state index in [9.17, 15) is 4.79 Å². The molecule has 0 spiro atoms. The van der Waals surface area contributed by atoms with Gasteiger partial charge in [0.25, 0.3) is 0 Å². The lowest BCUT2D eigenvalue weighted by atomic mass is 9.67. The lowest BCUT2D eigenvalue weighted by Crippen LogP contribution is -2.30. The molecular weight excluding hydrogens is 490 g/mol. The molecule has 0 heterocycles. The van der Waals surface area contributed by atoms with Crippen LogP contribution in [-0.4, -0.2) is 37.1 Å². The lowest BCUT2D eigenvalue weighted by molar-refractivity contribution is -0.125. The molecule has 40 heavy (non-hydrogen) atoms. The Hall–Kier alpha value is -1.61. The van der Waals surface area contributed by atoms with Crippen molar-refractivity contribution in [1.29, 1.82) is 0 Å². The monoisotopic (exact) mass is 549 g/mol. The van der Waals surface area contributed by atoms with Gasteiger partial charge in [0.1, 0.15) is 0 Å². The van der Waals surface area contributed by atoms with E-state index in [4.69, 9.17) is 4.74 Å². The summed E-state index contributed by atoms with van der Waals surface area (Å²) in [5.74, 6) is 4.46. The average Bonchev–Trinajstić information content (AvgIpc) is 3.01. The summed E-state index contributed by atoms with van der Waals surface area (Å²) in [6.07, 6.45) is 25.1. The maximum atomic E-state index is 11.6. The molecule has 3 heteroatoms. The maximum Gasteiger partial charge on any atom is 0.245 e. The highest BCUT2D eigenvalue weighted by molar-refractivity contribution is 5.86. The van der Waals surface area contributed by atoms with Crippen LogP contribution in [-0.2, 0) is 16.0 Å². The zero-order valence-electron chi connectivity index (χ0n) is 26.2. The Kier molecular flexibility index (Phi) is 12.6. The number of hydrogen-bond acceptors (Lipinski definition) is 2. The molecule has 1 aromatic carbocycles. The molecule has 0 radical (unpaired) electrons. The van der Waals surface area contributed by atoms with E-state index in [1.54, 1.807) is 21.6 Å². The molecule has 0 N–H and O–H groups in total. The van der Waals surface area contributed by atoms with E-state index < -0.39 is 0 Å². The number of aryl methyl sites for hydroxylation is 1. The standard InChI is InChI=1S/C37H59NO2/c1-5-8-9-10-28-11-13-30(14-12-28)31-15-17-33(18-16-31)36-24-21-34(27-29(36)6-2)32-19-22-35(23-20-32)40-26-25-38(4)37(39)7-3/h7,21,24,27-28,30-33,35H,3,5-6,8-20,22-23,25-26H2,1-2,4H3. The number of hydrogen-bond donors (Lipinski definition) is 0. The van der Waals surface area contributed by atoms with Crippen molar-refractivity contribution >= 4 is 5.91 Å². The molecule has 1 aromatic rings. The minimum atomic E-state index is -0.0362. The van der Waals surface area contributed by atoms with Crippen LogP contribution in [0.3, 0.4) is 0 Å². The van der Waals surface area contributed by atoms with Crippen molar-refractivity contribution < 1.29 is 9.53 Å². The van der Waals surface area contributed by atoms with Crippen LogP contribution in [0.15, 0.2) is 30.9 Å². The van der Waals surface area contributed by atoms with Crippen molar-refractivity contribution in [3.8, 4) is 0 Å². The molecule has 0 unspecified atom stereocenters. The fraction of sp³-hybridized carbons (Fsp3) is 0.757. The molecule has 3 fully saturated rings. The van der Waals surface area contributed by atoms with Gasteiger partial charge in [-0.3, -0.25) is 4.79 Å². The number of carbonyl (C=O) groups excluding carboxylic acids is 1. The second-order valence-electron chi connectivity index (χ2n) is 13.5. The highest BCUT2D eigenvalue weighted by Crippen LogP contribution is 2.45. The van der Waals surface area contributed by atoms with Gasteiger partial charge in [-0.1, -0.05) is 77.2 Å². The summed E-state index contributed by atoms with van der Waals surface area (Å²) in [4.78, 5) is 13.3. The summed E-state index contributed by atoms with van der Waals surface area (Å²) in [5, 5.41) is 0. The van der Waals surface area contributed by atoms with Crippen molar-refractivity contribution in [1.82, 2.24) is 4.90 Å². The van der Waals surface area contributed by atoms with E-state index in [1.807, 2.05) is 7.05 Å². The number of carbonyl (C=O) groups is 1. The molecule has 3 aliphatic rings. The third-order valence-electron chi connectivity index (χ3n) is 11.0. The zero-order chi connectivity index (χ0) is 28.3. The fourth-order valence-corrected chi connectivity index (χ4v) is 8.30. The van der Waals surface area contributed by atoms with Crippen LogP contribution in [0.1, 0.15) is 145 Å². The SMILES string of the molecule is C=CC(=O)N(C)CCOC1CCC(c2ccc(C3CCC(C4CCC(CCCCC)CC4)CC3)c(CC)c2)CC1. The molecule has 0 saturated heterocycles. The predicted octanol–water partition coefficient (Wildman–Crippen LogP) is 9.60. The van der Waals surface area contributed by atoms with E-state index in [0.29, 0.717) is 25.2 Å². The Balaban J connectivity index is 1.21. The van der Waals surface area contributed by atoms with Crippen LogP contribution in [0, 0.1) is 17.8 Å². The maximum absolute atomic E-state index is 11.6. The second-order valence-corrected chi connectivity index (χ2v) is 13.5. The third-order valence-corrected chi connectivity index (χ3v) is 11.0. The second kappa shape index (κ2) is 16.1. The molecule has 0 atom stereocenters. The van der Waals surface area contributed by atoms with Gasteiger partial charge < -0.3 is 9.64 Å². The number of rotatable bonds is 13. The van der Waals surface area contributed by atoms with Crippen LogP contribution < -0.4 is 0 Å². The molecule has 0 bridgehead atoms. The third kappa shape index (κ3) is 8.70. The number of amides is 1. The highest BCUT2D eigenvalue weighted by atomic mass is 16.5. The first-order valence-corrected chi connectivity index (χ1v) is 17.1. The smallest absolute Gasteiger partial charge is 0.245 e. The number of nitrogens with zero attached hydrogens (tertiary/aromatic N) is 1. The van der Waals surface area contributed by atoms with Crippen LogP contribution in [0.2, 0.25) is 0 Å². The summed E-state index contributed by atoms with van der Waals surface area (Å²) < 4.78 is 6.12. The highest BCUT2D eigenvalue weighted by Gasteiger charge is 2.32. The van der Waals surface area contributed by atoms with Gasteiger partial charge in [-0.05, 0) is 123 Å². The molecule has 4 rings (SSSR count). The first-order valence-electron chi connectivity index (χ1n) is 17.1. The van der Waals surface area contributed by atoms with Crippen molar-refractivity contribution in [2.45, 2.75) is 141 Å². The van der Waals surface area contributed by atoms with Crippen LogP contribution in [0.4, 0.5) is 0 Å². The van der Waals surface area contributed by atoms with Crippen molar-refractivity contribution in [3.63, 3.8) is 0 Å². The summed E-state index contributed by atoms with van der Waals surface area (Å²) in [5.41, 5.74) is 4.83. The van der Waals surface area contributed by atoms with E-state index in [1.165, 1.54) is 96.0 Å². The van der Waals surface area contributed by atoms with Gasteiger partial charge in [0.05, 0.1) is 12.7 Å². The quantitative estimate of drug-likeness (QED) is 0.181. The van der Waals surface area contributed by atoms with Gasteiger partial charge in [-0.15, -0.1) is 0 Å². The molecule has 3 nitrogen and oxygen atoms in total. The summed E-state index contributed by atoms with van der Waals surface area (Å²) in [6.45, 7) is 9.49.